The first kappa shape index (κ1) is 15.2. The van der Waals surface area contributed by atoms with E-state index in [1.807, 2.05) is 24.3 Å². The van der Waals surface area contributed by atoms with Gasteiger partial charge in [0.15, 0.2) is 0 Å². The van der Waals surface area contributed by atoms with Crippen LogP contribution in [0.5, 0.6) is 0 Å². The van der Waals surface area contributed by atoms with Gasteiger partial charge in [-0.3, -0.25) is 0 Å². The molecule has 2 aromatic carbocycles. The van der Waals surface area contributed by atoms with E-state index in [0.29, 0.717) is 12.2 Å². The standard InChI is InChI=1S/C14H13BBrFO3/c16-14-4-2-1-3-11(14)9-20-8-10-5-6-12(17)7-13(10)15(18)19/h1-7,18-19H,8-9H2. The van der Waals surface area contributed by atoms with Gasteiger partial charge in [0, 0.05) is 4.47 Å². The maximum atomic E-state index is 13.1. The van der Waals surface area contributed by atoms with Crippen LogP contribution in [0.2, 0.25) is 0 Å². The normalized spacial score (nSPS) is 10.6. The van der Waals surface area contributed by atoms with E-state index in [9.17, 15) is 14.4 Å². The Kier molecular flexibility index (Phi) is 5.31. The average molecular weight is 339 g/mol. The van der Waals surface area contributed by atoms with Crippen molar-refractivity contribution in [2.24, 2.45) is 0 Å². The highest BCUT2D eigenvalue weighted by Gasteiger charge is 2.16. The molecule has 0 spiro atoms. The summed E-state index contributed by atoms with van der Waals surface area (Å²) in [6, 6.07) is 11.5. The first-order chi connectivity index (χ1) is 9.58. The zero-order chi connectivity index (χ0) is 14.5. The van der Waals surface area contributed by atoms with Crippen LogP contribution in [-0.4, -0.2) is 17.2 Å². The molecule has 0 aliphatic rings. The van der Waals surface area contributed by atoms with Crippen molar-refractivity contribution in [1.82, 2.24) is 0 Å². The molecular formula is C14H13BBrFO3. The van der Waals surface area contributed by atoms with Gasteiger partial charge in [0.1, 0.15) is 5.82 Å². The minimum Gasteiger partial charge on any atom is -0.423 e. The van der Waals surface area contributed by atoms with Crippen molar-refractivity contribution in [3.63, 3.8) is 0 Å². The van der Waals surface area contributed by atoms with Crippen LogP contribution in [0.1, 0.15) is 11.1 Å². The number of hydrogen-bond acceptors (Lipinski definition) is 3. The third-order valence-corrected chi connectivity index (χ3v) is 3.63. The largest absolute Gasteiger partial charge is 0.488 e. The predicted octanol–water partition coefficient (Wildman–Crippen LogP) is 1.98. The monoisotopic (exact) mass is 338 g/mol. The summed E-state index contributed by atoms with van der Waals surface area (Å²) < 4.78 is 19.6. The molecule has 0 unspecified atom stereocenters. The lowest BCUT2D eigenvalue weighted by molar-refractivity contribution is 0.107. The van der Waals surface area contributed by atoms with Gasteiger partial charge in [-0.1, -0.05) is 40.2 Å². The van der Waals surface area contributed by atoms with Crippen LogP contribution in [-0.2, 0) is 18.0 Å². The van der Waals surface area contributed by atoms with Crippen LogP contribution in [0.4, 0.5) is 4.39 Å². The van der Waals surface area contributed by atoms with Gasteiger partial charge in [-0.2, -0.15) is 0 Å². The molecule has 0 amide bonds. The quantitative estimate of drug-likeness (QED) is 0.820. The summed E-state index contributed by atoms with van der Waals surface area (Å²) in [5.74, 6) is -0.511. The number of halogens is 2. The zero-order valence-electron chi connectivity index (χ0n) is 10.6. The molecule has 104 valence electrons. The Balaban J connectivity index is 2.03. The molecule has 0 bridgehead atoms. The minimum atomic E-state index is -1.72. The van der Waals surface area contributed by atoms with E-state index in [2.05, 4.69) is 15.9 Å². The molecule has 20 heavy (non-hydrogen) atoms. The molecule has 3 nitrogen and oxygen atoms in total. The third-order valence-electron chi connectivity index (χ3n) is 2.86. The lowest BCUT2D eigenvalue weighted by Crippen LogP contribution is -2.33. The minimum absolute atomic E-state index is 0.122. The Hall–Kier alpha value is -1.21. The van der Waals surface area contributed by atoms with Crippen LogP contribution in [0.3, 0.4) is 0 Å². The highest BCUT2D eigenvalue weighted by Crippen LogP contribution is 2.17. The van der Waals surface area contributed by atoms with Crippen molar-refractivity contribution < 1.29 is 19.2 Å². The zero-order valence-corrected chi connectivity index (χ0v) is 12.2. The summed E-state index contributed by atoms with van der Waals surface area (Å²) in [6.45, 7) is 0.550. The molecule has 0 saturated carbocycles. The van der Waals surface area contributed by atoms with Gasteiger partial charge in [0.05, 0.1) is 13.2 Å². The SMILES string of the molecule is OB(O)c1cc(F)ccc1COCc1ccccc1Br. The molecule has 0 saturated heterocycles. The number of benzene rings is 2. The van der Waals surface area contributed by atoms with Crippen molar-refractivity contribution in [3.05, 3.63) is 63.9 Å². The van der Waals surface area contributed by atoms with Crippen LogP contribution in [0.15, 0.2) is 46.9 Å². The number of rotatable bonds is 5. The fourth-order valence-electron chi connectivity index (χ4n) is 1.82. The third kappa shape index (κ3) is 3.90. The molecule has 2 aromatic rings. The van der Waals surface area contributed by atoms with Crippen LogP contribution in [0.25, 0.3) is 0 Å². The smallest absolute Gasteiger partial charge is 0.423 e. The van der Waals surface area contributed by atoms with Crippen LogP contribution in [0, 0.1) is 5.82 Å². The van der Waals surface area contributed by atoms with E-state index in [1.165, 1.54) is 12.1 Å². The van der Waals surface area contributed by atoms with E-state index in [1.54, 1.807) is 0 Å². The van der Waals surface area contributed by atoms with Gasteiger partial charge in [-0.15, -0.1) is 0 Å². The number of ether oxygens (including phenoxy) is 1. The molecule has 0 aromatic heterocycles. The van der Waals surface area contributed by atoms with Gasteiger partial charge in [-0.05, 0) is 34.8 Å². The van der Waals surface area contributed by atoms with Crippen molar-refractivity contribution in [3.8, 4) is 0 Å². The Morgan fingerprint density at radius 1 is 1.05 bits per heavy atom. The molecule has 0 aliphatic carbocycles. The average Bonchev–Trinajstić information content (AvgIpc) is 2.42. The van der Waals surface area contributed by atoms with Crippen molar-refractivity contribution in [2.75, 3.05) is 0 Å². The molecule has 2 N–H and O–H groups in total. The van der Waals surface area contributed by atoms with Gasteiger partial charge >= 0.3 is 7.12 Å². The van der Waals surface area contributed by atoms with E-state index in [0.717, 1.165) is 16.1 Å². The van der Waals surface area contributed by atoms with Crippen molar-refractivity contribution >= 4 is 28.5 Å². The molecule has 0 radical (unpaired) electrons. The second-order valence-electron chi connectivity index (χ2n) is 4.30. The predicted molar refractivity (Wildman–Crippen MR) is 78.9 cm³/mol. The fraction of sp³-hybridized carbons (Fsp3) is 0.143. The second-order valence-corrected chi connectivity index (χ2v) is 5.16. The summed E-state index contributed by atoms with van der Waals surface area (Å²) >= 11 is 3.42. The summed E-state index contributed by atoms with van der Waals surface area (Å²) in [6.07, 6.45) is 0. The number of hydrogen-bond donors (Lipinski definition) is 2. The highest BCUT2D eigenvalue weighted by atomic mass is 79.9. The van der Waals surface area contributed by atoms with Crippen LogP contribution >= 0.6 is 15.9 Å². The first-order valence-corrected chi connectivity index (χ1v) is 6.83. The second kappa shape index (κ2) is 6.99. The summed E-state index contributed by atoms with van der Waals surface area (Å²) in [5, 5.41) is 18.4. The molecule has 0 atom stereocenters. The van der Waals surface area contributed by atoms with E-state index < -0.39 is 12.9 Å². The van der Waals surface area contributed by atoms with Gasteiger partial charge in [-0.25, -0.2) is 4.39 Å². The fourth-order valence-corrected chi connectivity index (χ4v) is 2.22. The van der Waals surface area contributed by atoms with Crippen molar-refractivity contribution in [2.45, 2.75) is 13.2 Å². The molecule has 0 heterocycles. The lowest BCUT2D eigenvalue weighted by atomic mass is 9.77. The van der Waals surface area contributed by atoms with Gasteiger partial charge < -0.3 is 14.8 Å². The highest BCUT2D eigenvalue weighted by molar-refractivity contribution is 9.10. The van der Waals surface area contributed by atoms with E-state index in [4.69, 9.17) is 4.74 Å². The molecule has 0 aliphatic heterocycles. The summed E-state index contributed by atoms with van der Waals surface area (Å²) in [4.78, 5) is 0. The lowest BCUT2D eigenvalue weighted by Gasteiger charge is -2.10. The molecule has 6 heteroatoms. The topological polar surface area (TPSA) is 49.7 Å². The molecular weight excluding hydrogens is 326 g/mol. The van der Waals surface area contributed by atoms with Gasteiger partial charge in [0.25, 0.3) is 0 Å². The van der Waals surface area contributed by atoms with E-state index in [-0.39, 0.29) is 12.1 Å². The van der Waals surface area contributed by atoms with Gasteiger partial charge in [0.2, 0.25) is 0 Å². The van der Waals surface area contributed by atoms with Crippen LogP contribution < -0.4 is 5.46 Å². The molecule has 2 rings (SSSR count). The maximum absolute atomic E-state index is 13.1. The van der Waals surface area contributed by atoms with E-state index >= 15 is 0 Å². The summed E-state index contributed by atoms with van der Waals surface area (Å²) in [7, 11) is -1.72. The molecule has 0 fully saturated rings. The Bertz CT molecular complexity index is 592. The Morgan fingerprint density at radius 2 is 1.75 bits per heavy atom. The first-order valence-electron chi connectivity index (χ1n) is 6.03. The maximum Gasteiger partial charge on any atom is 0.488 e. The van der Waals surface area contributed by atoms with Crippen molar-refractivity contribution in [1.29, 1.82) is 0 Å². The Morgan fingerprint density at radius 3 is 2.45 bits per heavy atom. The Labute approximate surface area is 125 Å². The summed E-state index contributed by atoms with van der Waals surface area (Å²) in [5.41, 5.74) is 1.66.